The van der Waals surface area contributed by atoms with E-state index in [0.717, 1.165) is 77.5 Å². The van der Waals surface area contributed by atoms with Crippen molar-refractivity contribution in [1.82, 2.24) is 0 Å². The molecule has 230 valence electrons. The van der Waals surface area contributed by atoms with E-state index in [4.69, 9.17) is 8.83 Å². The maximum absolute atomic E-state index is 6.54. The predicted octanol–water partition coefficient (Wildman–Crippen LogP) is 13.4. The van der Waals surface area contributed by atoms with Gasteiger partial charge in [-0.2, -0.15) is 0 Å². The Balaban J connectivity index is 1.09. The molecule has 0 N–H and O–H groups in total. The Hall–Kier alpha value is -6.58. The zero-order valence-corrected chi connectivity index (χ0v) is 26.5. The van der Waals surface area contributed by atoms with Crippen LogP contribution in [0.3, 0.4) is 0 Å². The first-order valence-electron chi connectivity index (χ1n) is 16.6. The minimum Gasteiger partial charge on any atom is -0.455 e. The van der Waals surface area contributed by atoms with Crippen molar-refractivity contribution in [3.8, 4) is 22.3 Å². The first-order chi connectivity index (χ1) is 24.3. The SMILES string of the molecule is c1ccc(-c2ccc(N(c3ccc(-c4ccc5oc6c7ccccc7ccc6c5c4)cc3)c3cccc4c3oc3ccccc34)cc2)cc1. The van der Waals surface area contributed by atoms with Crippen molar-refractivity contribution in [2.45, 2.75) is 0 Å². The van der Waals surface area contributed by atoms with Gasteiger partial charge in [0, 0.05) is 38.3 Å². The third kappa shape index (κ3) is 4.51. The highest BCUT2D eigenvalue weighted by atomic mass is 16.3. The van der Waals surface area contributed by atoms with Crippen LogP contribution in [-0.2, 0) is 0 Å². The second-order valence-corrected chi connectivity index (χ2v) is 12.5. The molecule has 0 aliphatic carbocycles. The normalized spacial score (nSPS) is 11.7. The van der Waals surface area contributed by atoms with E-state index in [-0.39, 0.29) is 0 Å². The molecule has 8 aromatic carbocycles. The van der Waals surface area contributed by atoms with Crippen LogP contribution in [0, 0.1) is 0 Å². The number of para-hydroxylation sites is 2. The third-order valence-corrected chi connectivity index (χ3v) is 9.68. The Bertz CT molecular complexity index is 2810. The van der Waals surface area contributed by atoms with Crippen LogP contribution in [0.5, 0.6) is 0 Å². The number of furan rings is 2. The number of rotatable bonds is 5. The molecule has 0 saturated carbocycles. The van der Waals surface area contributed by atoms with Crippen LogP contribution < -0.4 is 4.90 Å². The molecule has 3 nitrogen and oxygen atoms in total. The summed E-state index contributed by atoms with van der Waals surface area (Å²) in [7, 11) is 0. The fourth-order valence-corrected chi connectivity index (χ4v) is 7.26. The van der Waals surface area contributed by atoms with Crippen LogP contribution in [0.25, 0.3) is 76.9 Å². The number of nitrogens with zero attached hydrogens (tertiary/aromatic N) is 1. The fourth-order valence-electron chi connectivity index (χ4n) is 7.26. The number of benzene rings is 8. The van der Waals surface area contributed by atoms with Crippen molar-refractivity contribution in [2.24, 2.45) is 0 Å². The van der Waals surface area contributed by atoms with Crippen molar-refractivity contribution < 1.29 is 8.83 Å². The monoisotopic (exact) mass is 627 g/mol. The highest BCUT2D eigenvalue weighted by Crippen LogP contribution is 2.43. The van der Waals surface area contributed by atoms with Crippen LogP contribution in [-0.4, -0.2) is 0 Å². The quantitative estimate of drug-likeness (QED) is 0.190. The van der Waals surface area contributed by atoms with E-state index in [1.807, 2.05) is 12.1 Å². The molecule has 2 heterocycles. The summed E-state index contributed by atoms with van der Waals surface area (Å²) in [6.07, 6.45) is 0. The molecule has 0 radical (unpaired) electrons. The molecule has 49 heavy (non-hydrogen) atoms. The summed E-state index contributed by atoms with van der Waals surface area (Å²) < 4.78 is 12.9. The van der Waals surface area contributed by atoms with Gasteiger partial charge in [-0.05, 0) is 82.2 Å². The van der Waals surface area contributed by atoms with Gasteiger partial charge in [0.2, 0.25) is 0 Å². The smallest absolute Gasteiger partial charge is 0.159 e. The first kappa shape index (κ1) is 27.5. The van der Waals surface area contributed by atoms with E-state index in [1.165, 1.54) is 16.5 Å². The van der Waals surface area contributed by atoms with Gasteiger partial charge in [-0.1, -0.05) is 121 Å². The maximum atomic E-state index is 6.54. The van der Waals surface area contributed by atoms with Gasteiger partial charge >= 0.3 is 0 Å². The lowest BCUT2D eigenvalue weighted by molar-refractivity contribution is 0.669. The van der Waals surface area contributed by atoms with E-state index in [1.54, 1.807) is 0 Å². The molecule has 2 aromatic heterocycles. The number of hydrogen-bond donors (Lipinski definition) is 0. The van der Waals surface area contributed by atoms with E-state index in [2.05, 4.69) is 169 Å². The molecule has 0 bridgehead atoms. The predicted molar refractivity (Wildman–Crippen MR) is 204 cm³/mol. The van der Waals surface area contributed by atoms with Gasteiger partial charge in [0.1, 0.15) is 16.7 Å². The number of fused-ring (bicyclic) bond motifs is 8. The lowest BCUT2D eigenvalue weighted by atomic mass is 10.0. The fraction of sp³-hybridized carbons (Fsp3) is 0. The molecule has 10 rings (SSSR count). The standard InChI is InChI=1S/C46H29NO2/c1-2-9-30(10-3-1)31-17-23-35(24-18-31)47(42-15-8-14-39-38-13-6-7-16-43(38)49-46(39)42)36-25-19-32(20-26-36)34-22-28-44-41(29-34)40-27-21-33-11-4-5-12-37(33)45(40)48-44/h1-29H. The Kier molecular flexibility index (Phi) is 6.18. The summed E-state index contributed by atoms with van der Waals surface area (Å²) >= 11 is 0. The Labute approximate surface area is 282 Å². The average Bonchev–Trinajstić information content (AvgIpc) is 3.75. The lowest BCUT2D eigenvalue weighted by Crippen LogP contribution is -2.10. The van der Waals surface area contributed by atoms with Gasteiger partial charge in [-0.15, -0.1) is 0 Å². The summed E-state index contributed by atoms with van der Waals surface area (Å²) in [5.41, 5.74) is 11.3. The molecule has 0 spiro atoms. The maximum Gasteiger partial charge on any atom is 0.159 e. The van der Waals surface area contributed by atoms with Gasteiger partial charge in [0.05, 0.1) is 5.69 Å². The van der Waals surface area contributed by atoms with Crippen molar-refractivity contribution in [3.63, 3.8) is 0 Å². The van der Waals surface area contributed by atoms with Gasteiger partial charge in [-0.25, -0.2) is 0 Å². The van der Waals surface area contributed by atoms with Crippen LogP contribution in [0.1, 0.15) is 0 Å². The Morgan fingerprint density at radius 1 is 0.327 bits per heavy atom. The topological polar surface area (TPSA) is 29.5 Å². The first-order valence-corrected chi connectivity index (χ1v) is 16.6. The molecule has 0 unspecified atom stereocenters. The summed E-state index contributed by atoms with van der Waals surface area (Å²) in [5, 5.41) is 6.80. The zero-order chi connectivity index (χ0) is 32.3. The Morgan fingerprint density at radius 2 is 0.898 bits per heavy atom. The molecule has 0 aliphatic heterocycles. The van der Waals surface area contributed by atoms with Crippen LogP contribution in [0.15, 0.2) is 185 Å². The molecule has 0 atom stereocenters. The lowest BCUT2D eigenvalue weighted by Gasteiger charge is -2.26. The number of hydrogen-bond acceptors (Lipinski definition) is 3. The molecular weight excluding hydrogens is 599 g/mol. The van der Waals surface area contributed by atoms with E-state index in [9.17, 15) is 0 Å². The zero-order valence-electron chi connectivity index (χ0n) is 26.5. The van der Waals surface area contributed by atoms with Crippen LogP contribution in [0.4, 0.5) is 17.1 Å². The second kappa shape index (κ2) is 11.0. The molecule has 3 heteroatoms. The van der Waals surface area contributed by atoms with E-state index in [0.29, 0.717) is 0 Å². The van der Waals surface area contributed by atoms with Crippen LogP contribution >= 0.6 is 0 Å². The van der Waals surface area contributed by atoms with Crippen molar-refractivity contribution in [2.75, 3.05) is 4.90 Å². The van der Waals surface area contributed by atoms with Gasteiger partial charge in [-0.3, -0.25) is 0 Å². The molecule has 10 aromatic rings. The summed E-state index contributed by atoms with van der Waals surface area (Å²) in [6.45, 7) is 0. The average molecular weight is 628 g/mol. The summed E-state index contributed by atoms with van der Waals surface area (Å²) in [6, 6.07) is 62.0. The van der Waals surface area contributed by atoms with E-state index >= 15 is 0 Å². The molecule has 0 amide bonds. The molecule has 0 saturated heterocycles. The van der Waals surface area contributed by atoms with Gasteiger partial charge in [0.25, 0.3) is 0 Å². The summed E-state index contributed by atoms with van der Waals surface area (Å²) in [5.74, 6) is 0. The summed E-state index contributed by atoms with van der Waals surface area (Å²) in [4.78, 5) is 2.29. The molecular formula is C46H29NO2. The minimum absolute atomic E-state index is 0.865. The minimum atomic E-state index is 0.865. The van der Waals surface area contributed by atoms with Crippen molar-refractivity contribution >= 4 is 71.7 Å². The van der Waals surface area contributed by atoms with Crippen molar-refractivity contribution in [3.05, 3.63) is 176 Å². The second-order valence-electron chi connectivity index (χ2n) is 12.5. The van der Waals surface area contributed by atoms with Crippen LogP contribution in [0.2, 0.25) is 0 Å². The van der Waals surface area contributed by atoms with Gasteiger partial charge < -0.3 is 13.7 Å². The third-order valence-electron chi connectivity index (χ3n) is 9.68. The van der Waals surface area contributed by atoms with E-state index < -0.39 is 0 Å². The largest absolute Gasteiger partial charge is 0.455 e. The molecule has 0 aliphatic rings. The van der Waals surface area contributed by atoms with Gasteiger partial charge in [0.15, 0.2) is 5.58 Å². The number of anilines is 3. The van der Waals surface area contributed by atoms with Crippen molar-refractivity contribution in [1.29, 1.82) is 0 Å². The highest BCUT2D eigenvalue weighted by Gasteiger charge is 2.20. The Morgan fingerprint density at radius 3 is 1.69 bits per heavy atom. The molecule has 0 fully saturated rings. The highest BCUT2D eigenvalue weighted by molar-refractivity contribution is 6.15.